The van der Waals surface area contributed by atoms with Gasteiger partial charge in [-0.3, -0.25) is 10.3 Å². The summed E-state index contributed by atoms with van der Waals surface area (Å²) in [5.74, 6) is 0. The van der Waals surface area contributed by atoms with Crippen LogP contribution in [0.2, 0.25) is 0 Å². The summed E-state index contributed by atoms with van der Waals surface area (Å²) in [5, 5.41) is 12.3. The largest absolute Gasteiger partial charge is 0.294 e. The van der Waals surface area contributed by atoms with Crippen LogP contribution in [0, 0.1) is 11.3 Å². The lowest BCUT2D eigenvalue weighted by Crippen LogP contribution is -2.19. The third-order valence-corrected chi connectivity index (χ3v) is 2.50. The predicted molar refractivity (Wildman–Crippen MR) is 65.9 cm³/mol. The zero-order chi connectivity index (χ0) is 11.9. The molecule has 3 heteroatoms. The highest BCUT2D eigenvalue weighted by Gasteiger charge is 2.08. The van der Waals surface area contributed by atoms with Crippen molar-refractivity contribution in [1.82, 2.24) is 10.3 Å². The molecule has 0 bridgehead atoms. The zero-order valence-corrected chi connectivity index (χ0v) is 9.38. The van der Waals surface area contributed by atoms with E-state index in [1.54, 1.807) is 12.4 Å². The van der Waals surface area contributed by atoms with Gasteiger partial charge in [-0.25, -0.2) is 0 Å². The average Bonchev–Trinajstić information content (AvgIpc) is 2.42. The molecule has 84 valence electrons. The number of rotatable bonds is 4. The van der Waals surface area contributed by atoms with Crippen LogP contribution in [0.4, 0.5) is 0 Å². The Balaban J connectivity index is 2.01. The summed E-state index contributed by atoms with van der Waals surface area (Å²) >= 11 is 0. The highest BCUT2D eigenvalue weighted by Crippen LogP contribution is 2.10. The average molecular weight is 223 g/mol. The van der Waals surface area contributed by atoms with E-state index < -0.39 is 0 Å². The Bertz CT molecular complexity index is 488. The van der Waals surface area contributed by atoms with Crippen LogP contribution in [-0.4, -0.2) is 4.98 Å². The van der Waals surface area contributed by atoms with Crippen molar-refractivity contribution in [3.05, 3.63) is 66.0 Å². The molecular weight excluding hydrogens is 210 g/mol. The van der Waals surface area contributed by atoms with Gasteiger partial charge in [0.15, 0.2) is 0 Å². The minimum Gasteiger partial charge on any atom is -0.294 e. The zero-order valence-electron chi connectivity index (χ0n) is 9.38. The lowest BCUT2D eigenvalue weighted by Gasteiger charge is -2.11. The van der Waals surface area contributed by atoms with Crippen LogP contribution in [-0.2, 0) is 6.54 Å². The van der Waals surface area contributed by atoms with Gasteiger partial charge in [-0.05, 0) is 11.6 Å². The number of aromatic nitrogens is 1. The second-order valence-corrected chi connectivity index (χ2v) is 3.71. The maximum Gasteiger partial charge on any atom is 0.123 e. The highest BCUT2D eigenvalue weighted by molar-refractivity contribution is 5.21. The van der Waals surface area contributed by atoms with E-state index in [1.165, 1.54) is 0 Å². The lowest BCUT2D eigenvalue weighted by atomic mass is 10.1. The van der Waals surface area contributed by atoms with Gasteiger partial charge in [-0.2, -0.15) is 5.26 Å². The van der Waals surface area contributed by atoms with Crippen molar-refractivity contribution in [2.24, 2.45) is 0 Å². The first-order valence-electron chi connectivity index (χ1n) is 5.47. The second kappa shape index (κ2) is 5.78. The van der Waals surface area contributed by atoms with Crippen LogP contribution in [0.15, 0.2) is 54.9 Å². The molecule has 0 aliphatic carbocycles. The first-order chi connectivity index (χ1) is 8.40. The fraction of sp³-hybridized carbons (Fsp3) is 0.143. The summed E-state index contributed by atoms with van der Waals surface area (Å²) in [5.41, 5.74) is 2.06. The van der Waals surface area contributed by atoms with Gasteiger partial charge in [0.05, 0.1) is 6.07 Å². The van der Waals surface area contributed by atoms with Crippen molar-refractivity contribution in [1.29, 1.82) is 5.26 Å². The van der Waals surface area contributed by atoms with Crippen molar-refractivity contribution in [3.8, 4) is 6.07 Å². The van der Waals surface area contributed by atoms with Gasteiger partial charge in [-0.1, -0.05) is 36.4 Å². The van der Waals surface area contributed by atoms with E-state index in [-0.39, 0.29) is 6.04 Å². The lowest BCUT2D eigenvalue weighted by molar-refractivity contribution is 0.628. The fourth-order valence-corrected chi connectivity index (χ4v) is 1.60. The van der Waals surface area contributed by atoms with Crippen molar-refractivity contribution in [2.75, 3.05) is 0 Å². The van der Waals surface area contributed by atoms with E-state index >= 15 is 0 Å². The molecule has 17 heavy (non-hydrogen) atoms. The maximum atomic E-state index is 9.12. The fourth-order valence-electron chi connectivity index (χ4n) is 1.60. The van der Waals surface area contributed by atoms with Crippen LogP contribution in [0.3, 0.4) is 0 Å². The van der Waals surface area contributed by atoms with E-state index in [0.717, 1.165) is 11.1 Å². The van der Waals surface area contributed by atoms with E-state index in [0.29, 0.717) is 6.54 Å². The number of nitrogens with one attached hydrogen (secondary N) is 1. The maximum absolute atomic E-state index is 9.12. The Morgan fingerprint density at radius 1 is 1.18 bits per heavy atom. The Labute approximate surface area is 101 Å². The van der Waals surface area contributed by atoms with Crippen LogP contribution < -0.4 is 5.32 Å². The molecule has 0 spiro atoms. The monoisotopic (exact) mass is 223 g/mol. The smallest absolute Gasteiger partial charge is 0.123 e. The number of nitrogens with zero attached hydrogens (tertiary/aromatic N) is 2. The minimum atomic E-state index is -0.316. The number of hydrogen-bond donors (Lipinski definition) is 1. The van der Waals surface area contributed by atoms with Crippen LogP contribution in [0.25, 0.3) is 0 Å². The molecular formula is C14H13N3. The Morgan fingerprint density at radius 3 is 2.65 bits per heavy atom. The van der Waals surface area contributed by atoms with Crippen LogP contribution in [0.5, 0.6) is 0 Å². The van der Waals surface area contributed by atoms with Crippen LogP contribution in [0.1, 0.15) is 17.2 Å². The summed E-state index contributed by atoms with van der Waals surface area (Å²) in [4.78, 5) is 4.02. The van der Waals surface area contributed by atoms with Crippen molar-refractivity contribution in [2.45, 2.75) is 12.6 Å². The summed E-state index contributed by atoms with van der Waals surface area (Å²) in [6.07, 6.45) is 3.42. The molecule has 1 aromatic carbocycles. The quantitative estimate of drug-likeness (QED) is 0.866. The van der Waals surface area contributed by atoms with Gasteiger partial charge in [0, 0.05) is 24.5 Å². The molecule has 2 rings (SSSR count). The number of pyridine rings is 1. The molecule has 0 saturated heterocycles. The van der Waals surface area contributed by atoms with Gasteiger partial charge in [0.25, 0.3) is 0 Å². The first-order valence-corrected chi connectivity index (χ1v) is 5.47. The Kier molecular flexibility index (Phi) is 3.85. The third-order valence-electron chi connectivity index (χ3n) is 2.50. The first kappa shape index (κ1) is 11.3. The van der Waals surface area contributed by atoms with E-state index in [1.807, 2.05) is 42.5 Å². The molecule has 0 saturated carbocycles. The van der Waals surface area contributed by atoms with Gasteiger partial charge in [0.1, 0.15) is 6.04 Å². The summed E-state index contributed by atoms with van der Waals surface area (Å²) in [6.45, 7) is 0.675. The van der Waals surface area contributed by atoms with E-state index in [4.69, 9.17) is 5.26 Å². The Hall–Kier alpha value is -2.18. The van der Waals surface area contributed by atoms with Gasteiger partial charge < -0.3 is 0 Å². The normalized spacial score (nSPS) is 11.7. The molecule has 0 aliphatic heterocycles. The third kappa shape index (κ3) is 3.13. The molecule has 3 nitrogen and oxygen atoms in total. The standard InChI is InChI=1S/C14H13N3/c15-9-14(13-7-4-8-16-11-13)17-10-12-5-2-1-3-6-12/h1-8,11,14,17H,10H2. The van der Waals surface area contributed by atoms with Crippen molar-refractivity contribution >= 4 is 0 Å². The molecule has 1 aromatic heterocycles. The summed E-state index contributed by atoms with van der Waals surface area (Å²) in [6, 6.07) is 15.7. The number of nitriles is 1. The molecule has 1 heterocycles. The van der Waals surface area contributed by atoms with Gasteiger partial charge in [0.2, 0.25) is 0 Å². The highest BCUT2D eigenvalue weighted by atomic mass is 14.9. The topological polar surface area (TPSA) is 48.7 Å². The van der Waals surface area contributed by atoms with Gasteiger partial charge in [-0.15, -0.1) is 0 Å². The molecule has 0 radical (unpaired) electrons. The predicted octanol–water partition coefficient (Wildman–Crippen LogP) is 2.44. The number of benzene rings is 1. The molecule has 1 atom stereocenters. The van der Waals surface area contributed by atoms with Crippen molar-refractivity contribution in [3.63, 3.8) is 0 Å². The summed E-state index contributed by atoms with van der Waals surface area (Å²) in [7, 11) is 0. The molecule has 1 N–H and O–H groups in total. The number of hydrogen-bond acceptors (Lipinski definition) is 3. The summed E-state index contributed by atoms with van der Waals surface area (Å²) < 4.78 is 0. The SMILES string of the molecule is N#CC(NCc1ccccc1)c1cccnc1. The van der Waals surface area contributed by atoms with E-state index in [2.05, 4.69) is 16.4 Å². The Morgan fingerprint density at radius 2 is 2.00 bits per heavy atom. The minimum absolute atomic E-state index is 0.316. The molecule has 0 aliphatic rings. The molecule has 2 aromatic rings. The molecule has 0 amide bonds. The second-order valence-electron chi connectivity index (χ2n) is 3.71. The van der Waals surface area contributed by atoms with Crippen LogP contribution >= 0.6 is 0 Å². The van der Waals surface area contributed by atoms with Crippen molar-refractivity contribution < 1.29 is 0 Å². The molecule has 0 fully saturated rings. The molecule has 1 unspecified atom stereocenters. The van der Waals surface area contributed by atoms with E-state index in [9.17, 15) is 0 Å². The van der Waals surface area contributed by atoms with Gasteiger partial charge >= 0.3 is 0 Å².